The third-order valence-corrected chi connectivity index (χ3v) is 11.3. The van der Waals surface area contributed by atoms with Gasteiger partial charge in [-0.3, -0.25) is 0 Å². The van der Waals surface area contributed by atoms with Crippen LogP contribution < -0.4 is 14.5 Å². The Bertz CT molecular complexity index is 3220. The van der Waals surface area contributed by atoms with E-state index >= 15 is 0 Å². The number of nitriles is 1. The van der Waals surface area contributed by atoms with E-state index in [4.69, 9.17) is 11.3 Å². The third kappa shape index (κ3) is 8.61. The average Bonchev–Trinajstić information content (AvgIpc) is 3.34. The molecule has 0 atom stereocenters. The largest absolute Gasteiger partial charge is 0.494 e. The van der Waals surface area contributed by atoms with Gasteiger partial charge in [-0.15, -0.1) is 0 Å². The molecule has 5 heteroatoms. The number of hydrogen-bond acceptors (Lipinski definition) is 4. The molecule has 9 rings (SSSR count). The summed E-state index contributed by atoms with van der Waals surface area (Å²) in [6.45, 7) is 13.0. The maximum absolute atomic E-state index is 10.5. The van der Waals surface area contributed by atoms with Crippen molar-refractivity contribution < 1.29 is 4.74 Å². The highest BCUT2D eigenvalue weighted by Crippen LogP contribution is 2.41. The molecular weight excluding hydrogens is 781 g/mol. The smallest absolute Gasteiger partial charge is 0.202 e. The van der Waals surface area contributed by atoms with E-state index in [1.54, 1.807) is 0 Å². The molecule has 9 aromatic carbocycles. The van der Waals surface area contributed by atoms with Crippen molar-refractivity contribution in [3.05, 3.63) is 239 Å². The maximum atomic E-state index is 10.5. The number of ether oxygens (including phenoxy) is 1. The predicted octanol–water partition coefficient (Wildman–Crippen LogP) is 16.4. The number of para-hydroxylation sites is 2. The number of aryl methyl sites for hydroxylation is 1. The van der Waals surface area contributed by atoms with E-state index in [0.717, 1.165) is 83.7 Å². The Morgan fingerprint density at radius 1 is 0.484 bits per heavy atom. The van der Waals surface area contributed by atoms with Crippen LogP contribution in [-0.4, -0.2) is 6.61 Å². The van der Waals surface area contributed by atoms with Gasteiger partial charge in [-0.25, -0.2) is 4.85 Å². The van der Waals surface area contributed by atoms with Crippen LogP contribution in [0.4, 0.5) is 39.8 Å². The first-order chi connectivity index (χ1) is 31.5. The Hall–Kier alpha value is -8.64. The molecule has 0 fully saturated rings. The van der Waals surface area contributed by atoms with Gasteiger partial charge in [0.25, 0.3) is 0 Å². The minimum atomic E-state index is 0.544. The quantitative estimate of drug-likeness (QED) is 0.0699. The molecule has 306 valence electrons. The fourth-order valence-electron chi connectivity index (χ4n) is 8.14. The lowest BCUT2D eigenvalue weighted by Gasteiger charge is -2.25. The highest BCUT2D eigenvalue weighted by Gasteiger charge is 2.16. The van der Waals surface area contributed by atoms with Crippen molar-refractivity contribution in [3.63, 3.8) is 0 Å². The van der Waals surface area contributed by atoms with Crippen molar-refractivity contribution in [2.75, 3.05) is 16.4 Å². The fourth-order valence-corrected chi connectivity index (χ4v) is 8.14. The van der Waals surface area contributed by atoms with Gasteiger partial charge >= 0.3 is 0 Å². The van der Waals surface area contributed by atoms with Crippen LogP contribution >= 0.6 is 0 Å². The molecular formula is C59H44N4O. The van der Waals surface area contributed by atoms with Gasteiger partial charge in [-0.2, -0.15) is 5.26 Å². The van der Waals surface area contributed by atoms with Crippen LogP contribution in [0.3, 0.4) is 0 Å². The number of rotatable bonds is 12. The summed E-state index contributed by atoms with van der Waals surface area (Å²) in [7, 11) is 0. The van der Waals surface area contributed by atoms with Crippen LogP contribution in [0.2, 0.25) is 0 Å². The first-order valence-electron chi connectivity index (χ1n) is 21.4. The summed E-state index contributed by atoms with van der Waals surface area (Å²) < 4.78 is 5.69. The zero-order valence-electron chi connectivity index (χ0n) is 35.7. The predicted molar refractivity (Wildman–Crippen MR) is 268 cm³/mol. The van der Waals surface area contributed by atoms with E-state index in [-0.39, 0.29) is 0 Å². The number of hydrogen-bond donors (Lipinski definition) is 0. The van der Waals surface area contributed by atoms with Gasteiger partial charge in [0.05, 0.1) is 18.7 Å². The molecule has 0 heterocycles. The van der Waals surface area contributed by atoms with Crippen molar-refractivity contribution in [2.24, 2.45) is 0 Å². The molecule has 0 amide bonds. The van der Waals surface area contributed by atoms with Crippen LogP contribution in [0.1, 0.15) is 40.3 Å². The van der Waals surface area contributed by atoms with Gasteiger partial charge in [0.2, 0.25) is 5.69 Å². The summed E-state index contributed by atoms with van der Waals surface area (Å²) >= 11 is 0. The summed E-state index contributed by atoms with van der Waals surface area (Å²) in [5.74, 6) is 0.843. The zero-order valence-corrected chi connectivity index (χ0v) is 35.7. The summed E-state index contributed by atoms with van der Waals surface area (Å²) in [6, 6.07) is 68.9. The molecule has 0 N–H and O–H groups in total. The topological polar surface area (TPSA) is 43.9 Å². The van der Waals surface area contributed by atoms with Crippen molar-refractivity contribution in [3.8, 4) is 11.8 Å². The number of benzene rings is 9. The number of anilines is 6. The van der Waals surface area contributed by atoms with Crippen LogP contribution in [-0.2, 0) is 0 Å². The Labute approximate surface area is 375 Å². The Morgan fingerprint density at radius 2 is 0.891 bits per heavy atom. The standard InChI is InChI=1S/C59H44N4O/c1-4-64-53-35-33-52(34-36-53)63(48-13-9-6-10-14-48)51-31-23-43(24-32-51)17-19-45-26-38-55-56(39-45)58(41-60)54-37-25-46(40-57(54)59(55)61-3)20-18-44-21-29-50(30-22-44)62(47-11-7-5-8-12-47)49-27-15-42(2)16-28-49/h5-40H,4H2,1-2H3/b19-17+,20-18+. The Morgan fingerprint density at radius 3 is 1.36 bits per heavy atom. The van der Waals surface area contributed by atoms with Crippen LogP contribution in [0.15, 0.2) is 194 Å². The molecule has 0 aliphatic rings. The second-order valence-corrected chi connectivity index (χ2v) is 15.5. The lowest BCUT2D eigenvalue weighted by molar-refractivity contribution is 0.340. The summed E-state index contributed by atoms with van der Waals surface area (Å²) in [5.41, 5.74) is 12.7. The highest BCUT2D eigenvalue weighted by atomic mass is 16.5. The first-order valence-corrected chi connectivity index (χ1v) is 21.4. The SMILES string of the molecule is [C-]#[N+]c1c2ccc(/C=C/c3ccc(N(c4ccccc4)c4ccc(OCC)cc4)cc3)cc2c(C#N)c2ccc(/C=C/c3ccc(N(c4ccccc4)c4ccc(C)cc4)cc3)cc12. The summed E-state index contributed by atoms with van der Waals surface area (Å²) in [5, 5.41) is 13.6. The molecule has 0 radical (unpaired) electrons. The first kappa shape index (κ1) is 40.7. The minimum absolute atomic E-state index is 0.544. The Balaban J connectivity index is 0.964. The molecule has 64 heavy (non-hydrogen) atoms. The van der Waals surface area contributed by atoms with Gasteiger partial charge in [0.15, 0.2) is 0 Å². The van der Waals surface area contributed by atoms with Crippen LogP contribution in [0.25, 0.3) is 50.7 Å². The molecule has 0 aromatic heterocycles. The van der Waals surface area contributed by atoms with E-state index in [1.807, 2.05) is 79.7 Å². The second kappa shape index (κ2) is 18.5. The van der Waals surface area contributed by atoms with Gasteiger partial charge < -0.3 is 14.5 Å². The molecule has 0 bridgehead atoms. The minimum Gasteiger partial charge on any atom is -0.494 e. The number of fused-ring (bicyclic) bond motifs is 2. The van der Waals surface area contributed by atoms with Gasteiger partial charge in [-0.1, -0.05) is 133 Å². The fraction of sp³-hybridized carbons (Fsp3) is 0.0508. The molecule has 0 aliphatic carbocycles. The molecule has 0 aliphatic heterocycles. The molecule has 0 saturated heterocycles. The summed E-state index contributed by atoms with van der Waals surface area (Å²) in [4.78, 5) is 8.50. The lowest BCUT2D eigenvalue weighted by Crippen LogP contribution is -2.09. The maximum Gasteiger partial charge on any atom is 0.202 e. The van der Waals surface area contributed by atoms with E-state index in [1.165, 1.54) is 5.56 Å². The van der Waals surface area contributed by atoms with Crippen molar-refractivity contribution >= 4 is 85.7 Å². The third-order valence-electron chi connectivity index (χ3n) is 11.3. The van der Waals surface area contributed by atoms with E-state index in [0.29, 0.717) is 17.9 Å². The van der Waals surface area contributed by atoms with Crippen molar-refractivity contribution in [2.45, 2.75) is 13.8 Å². The number of nitrogens with zero attached hydrogens (tertiary/aromatic N) is 4. The molecule has 9 aromatic rings. The van der Waals surface area contributed by atoms with Crippen LogP contribution in [0.5, 0.6) is 5.75 Å². The van der Waals surface area contributed by atoms with Gasteiger partial charge in [0, 0.05) is 34.1 Å². The molecule has 0 spiro atoms. The molecule has 0 unspecified atom stereocenters. The normalized spacial score (nSPS) is 11.2. The van der Waals surface area contributed by atoms with E-state index in [9.17, 15) is 5.26 Å². The summed E-state index contributed by atoms with van der Waals surface area (Å²) in [6.07, 6.45) is 8.28. The second-order valence-electron chi connectivity index (χ2n) is 15.5. The van der Waals surface area contributed by atoms with Crippen molar-refractivity contribution in [1.29, 1.82) is 5.26 Å². The average molecular weight is 825 g/mol. The van der Waals surface area contributed by atoms with Crippen LogP contribution in [0, 0.1) is 24.8 Å². The molecule has 0 saturated carbocycles. The van der Waals surface area contributed by atoms with E-state index < -0.39 is 0 Å². The van der Waals surface area contributed by atoms with Crippen molar-refractivity contribution in [1.82, 2.24) is 0 Å². The monoisotopic (exact) mass is 824 g/mol. The van der Waals surface area contributed by atoms with E-state index in [2.05, 4.69) is 173 Å². The Kier molecular flexibility index (Phi) is 11.8. The lowest BCUT2D eigenvalue weighted by atomic mass is 9.93. The van der Waals surface area contributed by atoms with Gasteiger partial charge in [-0.05, 0) is 149 Å². The highest BCUT2D eigenvalue weighted by molar-refractivity contribution is 6.16. The van der Waals surface area contributed by atoms with Gasteiger partial charge in [0.1, 0.15) is 11.8 Å². The molecule has 5 nitrogen and oxygen atoms in total. The zero-order chi connectivity index (χ0) is 43.8.